The second kappa shape index (κ2) is 12.7. The zero-order chi connectivity index (χ0) is 25.4. The van der Waals surface area contributed by atoms with Crippen LogP contribution in [0.5, 0.6) is 5.19 Å². The van der Waals surface area contributed by atoms with Crippen LogP contribution in [0.2, 0.25) is 0 Å². The van der Waals surface area contributed by atoms with Gasteiger partial charge in [0, 0.05) is 49.3 Å². The van der Waals surface area contributed by atoms with Crippen LogP contribution in [0.15, 0.2) is 11.8 Å². The molecule has 2 aliphatic rings. The molecule has 1 aliphatic carbocycles. The third-order valence-electron chi connectivity index (χ3n) is 6.45. The van der Waals surface area contributed by atoms with Crippen molar-refractivity contribution in [3.63, 3.8) is 0 Å². The van der Waals surface area contributed by atoms with Crippen LogP contribution >= 0.6 is 11.3 Å². The van der Waals surface area contributed by atoms with E-state index in [1.165, 1.54) is 17.5 Å². The molecule has 196 valence electrons. The van der Waals surface area contributed by atoms with Gasteiger partial charge in [-0.05, 0) is 51.0 Å². The molecule has 7 nitrogen and oxygen atoms in total. The highest BCUT2D eigenvalue weighted by Crippen LogP contribution is 2.31. The first kappa shape index (κ1) is 27.4. The first-order valence-corrected chi connectivity index (χ1v) is 12.7. The molecule has 2 heterocycles. The Kier molecular flexibility index (Phi) is 9.90. The maximum atomic E-state index is 13.2. The van der Waals surface area contributed by atoms with Crippen LogP contribution in [-0.2, 0) is 17.6 Å². The minimum absolute atomic E-state index is 0.0331. The summed E-state index contributed by atoms with van der Waals surface area (Å²) in [5.41, 5.74) is 0.882. The highest BCUT2D eigenvalue weighted by atomic mass is 32.1. The minimum atomic E-state index is -4.36. The van der Waals surface area contributed by atoms with Gasteiger partial charge in [0.2, 0.25) is 11.9 Å². The summed E-state index contributed by atoms with van der Waals surface area (Å²) >= 11 is 1.22. The molecule has 1 fully saturated rings. The smallest absolute Gasteiger partial charge is 0.422 e. The number of halogens is 4. The highest BCUT2D eigenvalue weighted by Gasteiger charge is 2.30. The Morgan fingerprint density at radius 3 is 2.63 bits per heavy atom. The Bertz CT molecular complexity index is 871. The second-order valence-electron chi connectivity index (χ2n) is 9.12. The van der Waals surface area contributed by atoms with Crippen LogP contribution in [0.3, 0.4) is 0 Å². The number of nitrogens with one attached hydrogen (secondary N) is 3. The molecule has 0 spiro atoms. The van der Waals surface area contributed by atoms with E-state index in [0.717, 1.165) is 68.7 Å². The normalized spacial score (nSPS) is 21.7. The Balaban J connectivity index is 1.35. The number of alkyl halides is 3. The van der Waals surface area contributed by atoms with E-state index >= 15 is 0 Å². The van der Waals surface area contributed by atoms with Crippen molar-refractivity contribution in [2.75, 3.05) is 33.3 Å². The Morgan fingerprint density at radius 1 is 1.26 bits per heavy atom. The molecule has 3 rings (SSSR count). The van der Waals surface area contributed by atoms with Gasteiger partial charge in [0.15, 0.2) is 6.61 Å². The summed E-state index contributed by atoms with van der Waals surface area (Å²) in [5, 5.41) is 12.8. The number of nitrogens with zero attached hydrogens (tertiary/aromatic N) is 2. The Labute approximate surface area is 206 Å². The van der Waals surface area contributed by atoms with Gasteiger partial charge in [-0.1, -0.05) is 11.3 Å². The number of amides is 1. The van der Waals surface area contributed by atoms with Crippen molar-refractivity contribution in [3.05, 3.63) is 22.3 Å². The van der Waals surface area contributed by atoms with Crippen molar-refractivity contribution in [1.29, 1.82) is 5.41 Å². The van der Waals surface area contributed by atoms with Crippen LogP contribution in [0.1, 0.15) is 49.1 Å². The first-order valence-electron chi connectivity index (χ1n) is 11.9. The molecule has 1 saturated carbocycles. The Hall–Kier alpha value is -2.21. The predicted octanol–water partition coefficient (Wildman–Crippen LogP) is 3.99. The summed E-state index contributed by atoms with van der Waals surface area (Å²) in [6, 6.07) is 0.0809. The molecular formula is C23H33F4N5O2S. The van der Waals surface area contributed by atoms with E-state index in [-0.39, 0.29) is 29.1 Å². The van der Waals surface area contributed by atoms with E-state index in [2.05, 4.69) is 20.5 Å². The van der Waals surface area contributed by atoms with Gasteiger partial charge in [-0.25, -0.2) is 4.98 Å². The van der Waals surface area contributed by atoms with Crippen LogP contribution < -0.4 is 15.4 Å². The lowest BCUT2D eigenvalue weighted by molar-refractivity contribution is -0.153. The lowest BCUT2D eigenvalue weighted by atomic mass is 9.84. The fourth-order valence-electron chi connectivity index (χ4n) is 4.59. The summed E-state index contributed by atoms with van der Waals surface area (Å²) in [7, 11) is 1.59. The van der Waals surface area contributed by atoms with Crippen molar-refractivity contribution >= 4 is 23.2 Å². The highest BCUT2D eigenvalue weighted by molar-refractivity contribution is 7.13. The SMILES string of the molecule is CN/C=C(/CC(=O)NC1CCC(CCN2CCc3nc(OCC(F)(F)F)sc3CC2)CC1)C(=N)F. The largest absolute Gasteiger partial charge is 0.460 e. The monoisotopic (exact) mass is 519 g/mol. The number of ether oxygens (including phenoxy) is 1. The van der Waals surface area contributed by atoms with Crippen molar-refractivity contribution < 1.29 is 27.1 Å². The summed E-state index contributed by atoms with van der Waals surface area (Å²) in [6.45, 7) is 1.33. The van der Waals surface area contributed by atoms with Crippen LogP contribution in [0.4, 0.5) is 17.6 Å². The summed E-state index contributed by atoms with van der Waals surface area (Å²) < 4.78 is 55.1. The van der Waals surface area contributed by atoms with Crippen LogP contribution in [-0.4, -0.2) is 67.3 Å². The molecule has 1 aromatic rings. The molecule has 0 saturated heterocycles. The van der Waals surface area contributed by atoms with Crippen LogP contribution in [0.25, 0.3) is 0 Å². The number of hydrogen-bond acceptors (Lipinski definition) is 7. The number of carbonyl (C=O) groups excluding carboxylic acids is 1. The number of fused-ring (bicyclic) bond motifs is 1. The average Bonchev–Trinajstić information content (AvgIpc) is 3.09. The molecule has 0 aromatic carbocycles. The molecule has 0 atom stereocenters. The topological polar surface area (TPSA) is 90.3 Å². The number of thiazole rings is 1. The fourth-order valence-corrected chi connectivity index (χ4v) is 5.54. The van der Waals surface area contributed by atoms with Gasteiger partial charge in [0.1, 0.15) is 0 Å². The van der Waals surface area contributed by atoms with Gasteiger partial charge in [0.05, 0.1) is 12.1 Å². The third kappa shape index (κ3) is 9.06. The zero-order valence-electron chi connectivity index (χ0n) is 19.8. The molecule has 0 bridgehead atoms. The maximum absolute atomic E-state index is 13.2. The van der Waals surface area contributed by atoms with Crippen molar-refractivity contribution in [2.24, 2.45) is 5.92 Å². The van der Waals surface area contributed by atoms with Crippen LogP contribution in [0, 0.1) is 11.3 Å². The number of carbonyl (C=O) groups is 1. The maximum Gasteiger partial charge on any atom is 0.422 e. The standard InChI is InChI=1S/C23H33F4N5O2S/c1-29-13-16(21(24)28)12-20(33)30-17-4-2-15(3-5-17)6-9-32-10-7-18-19(8-11-32)35-22(31-18)34-14-23(25,26)27/h13,15,17,28-29H,2-12,14H2,1H3,(H,30,33)/b16-13-,28-21?. The molecule has 1 amide bonds. The van der Waals surface area contributed by atoms with Gasteiger partial charge >= 0.3 is 6.18 Å². The molecular weight excluding hydrogens is 486 g/mol. The fraction of sp³-hybridized carbons (Fsp3) is 0.696. The summed E-state index contributed by atoms with van der Waals surface area (Å²) in [4.78, 5) is 19.9. The first-order chi connectivity index (χ1) is 16.6. The minimum Gasteiger partial charge on any atom is -0.460 e. The average molecular weight is 520 g/mol. The number of hydrogen-bond donors (Lipinski definition) is 3. The molecule has 12 heteroatoms. The van der Waals surface area contributed by atoms with E-state index in [1.54, 1.807) is 7.05 Å². The van der Waals surface area contributed by atoms with Gasteiger partial charge < -0.3 is 20.3 Å². The van der Waals surface area contributed by atoms with E-state index in [0.29, 0.717) is 12.3 Å². The van der Waals surface area contributed by atoms with E-state index in [9.17, 15) is 22.4 Å². The summed E-state index contributed by atoms with van der Waals surface area (Å²) in [6.07, 6.45) is 3.17. The zero-order valence-corrected chi connectivity index (χ0v) is 20.7. The quantitative estimate of drug-likeness (QED) is 0.321. The van der Waals surface area contributed by atoms with Crippen molar-refractivity contribution in [1.82, 2.24) is 20.5 Å². The molecule has 0 unspecified atom stereocenters. The summed E-state index contributed by atoms with van der Waals surface area (Å²) in [5.74, 6) is -0.789. The van der Waals surface area contributed by atoms with Crippen molar-refractivity contribution in [2.45, 2.75) is 63.6 Å². The molecule has 3 N–H and O–H groups in total. The lowest BCUT2D eigenvalue weighted by Gasteiger charge is -2.30. The van der Waals surface area contributed by atoms with Gasteiger partial charge in [-0.2, -0.15) is 17.6 Å². The molecule has 0 radical (unpaired) electrons. The van der Waals surface area contributed by atoms with Gasteiger partial charge in [-0.15, -0.1) is 0 Å². The van der Waals surface area contributed by atoms with Gasteiger partial charge in [-0.3, -0.25) is 10.2 Å². The number of aromatic nitrogens is 1. The predicted molar refractivity (Wildman–Crippen MR) is 127 cm³/mol. The number of rotatable bonds is 10. The van der Waals surface area contributed by atoms with Crippen molar-refractivity contribution in [3.8, 4) is 5.19 Å². The van der Waals surface area contributed by atoms with Gasteiger partial charge in [0.25, 0.3) is 5.19 Å². The van der Waals surface area contributed by atoms with E-state index in [1.807, 2.05) is 0 Å². The van der Waals surface area contributed by atoms with E-state index in [4.69, 9.17) is 10.1 Å². The molecule has 1 aliphatic heterocycles. The van der Waals surface area contributed by atoms with E-state index < -0.39 is 18.7 Å². The Morgan fingerprint density at radius 2 is 1.97 bits per heavy atom. The molecule has 1 aromatic heterocycles. The second-order valence-corrected chi connectivity index (χ2v) is 10.2. The lowest BCUT2D eigenvalue weighted by Crippen LogP contribution is -2.38. The molecule has 35 heavy (non-hydrogen) atoms. The third-order valence-corrected chi connectivity index (χ3v) is 7.52.